The molecule has 1 aromatic heterocycles. The molecule has 1 rings (SSSR count). The minimum Gasteiger partial charge on any atom is -0.383 e. The van der Waals surface area contributed by atoms with E-state index in [0.717, 1.165) is 55.7 Å². The zero-order valence-corrected chi connectivity index (χ0v) is 13.1. The Morgan fingerprint density at radius 2 is 2.16 bits per heavy atom. The number of hydrogen-bond acceptors (Lipinski definition) is 4. The molecule has 0 saturated carbocycles. The molecule has 0 aromatic carbocycles. The van der Waals surface area contributed by atoms with Gasteiger partial charge in [-0.2, -0.15) is 5.10 Å². The van der Waals surface area contributed by atoms with Crippen LogP contribution in [0.2, 0.25) is 5.02 Å². The Balaban J connectivity index is 2.33. The van der Waals surface area contributed by atoms with E-state index in [1.807, 2.05) is 11.6 Å². The third kappa shape index (κ3) is 5.10. The van der Waals surface area contributed by atoms with E-state index < -0.39 is 0 Å². The second-order valence-electron chi connectivity index (χ2n) is 4.63. The summed E-state index contributed by atoms with van der Waals surface area (Å²) in [7, 11) is 3.82. The van der Waals surface area contributed by atoms with E-state index in [4.69, 9.17) is 16.3 Å². The van der Waals surface area contributed by atoms with Gasteiger partial charge >= 0.3 is 0 Å². The molecule has 0 unspecified atom stereocenters. The van der Waals surface area contributed by atoms with Crippen molar-refractivity contribution in [2.45, 2.75) is 26.9 Å². The smallest absolute Gasteiger partial charge is 0.0860 e. The second-order valence-corrected chi connectivity index (χ2v) is 5.01. The lowest BCUT2D eigenvalue weighted by molar-refractivity contribution is 0.161. The lowest BCUT2D eigenvalue weighted by Crippen LogP contribution is -2.31. The molecule has 1 N–H and O–H groups in total. The first kappa shape index (κ1) is 16.4. The average Bonchev–Trinajstić information content (AvgIpc) is 2.68. The van der Waals surface area contributed by atoms with E-state index in [0.29, 0.717) is 0 Å². The lowest BCUT2D eigenvalue weighted by Gasteiger charge is -2.16. The van der Waals surface area contributed by atoms with Gasteiger partial charge in [-0.05, 0) is 20.9 Å². The third-order valence-corrected chi connectivity index (χ3v) is 3.58. The Kier molecular flexibility index (Phi) is 7.38. The van der Waals surface area contributed by atoms with Gasteiger partial charge in [-0.1, -0.05) is 11.6 Å². The van der Waals surface area contributed by atoms with E-state index in [1.54, 1.807) is 7.11 Å². The molecule has 6 heteroatoms. The predicted molar refractivity (Wildman–Crippen MR) is 78.7 cm³/mol. The summed E-state index contributed by atoms with van der Waals surface area (Å²) in [6, 6.07) is 0. The molecular formula is C13H25ClN4O. The maximum atomic E-state index is 6.25. The Labute approximate surface area is 120 Å². The van der Waals surface area contributed by atoms with E-state index >= 15 is 0 Å². The minimum absolute atomic E-state index is 0.756. The number of ether oxygens (including phenoxy) is 1. The maximum Gasteiger partial charge on any atom is 0.0860 e. The number of aryl methyl sites for hydroxylation is 2. The average molecular weight is 289 g/mol. The molecule has 0 aliphatic carbocycles. The van der Waals surface area contributed by atoms with Crippen LogP contribution in [0.25, 0.3) is 0 Å². The van der Waals surface area contributed by atoms with Crippen LogP contribution in [0.3, 0.4) is 0 Å². The van der Waals surface area contributed by atoms with Gasteiger partial charge in [0.1, 0.15) is 0 Å². The molecule has 0 radical (unpaired) electrons. The van der Waals surface area contributed by atoms with Crippen molar-refractivity contribution < 1.29 is 4.74 Å². The first-order valence-corrected chi connectivity index (χ1v) is 7.07. The van der Waals surface area contributed by atoms with Crippen LogP contribution < -0.4 is 5.32 Å². The van der Waals surface area contributed by atoms with Crippen LogP contribution >= 0.6 is 11.6 Å². The fraction of sp³-hybridized carbons (Fsp3) is 0.769. The van der Waals surface area contributed by atoms with Gasteiger partial charge in [0, 0.05) is 39.8 Å². The van der Waals surface area contributed by atoms with Gasteiger partial charge < -0.3 is 15.0 Å². The van der Waals surface area contributed by atoms with Gasteiger partial charge in [0.2, 0.25) is 0 Å². The normalized spacial score (nSPS) is 11.5. The van der Waals surface area contributed by atoms with Gasteiger partial charge in [-0.25, -0.2) is 0 Å². The monoisotopic (exact) mass is 288 g/mol. The maximum absolute atomic E-state index is 6.25. The Bertz CT molecular complexity index is 381. The topological polar surface area (TPSA) is 42.3 Å². The summed E-state index contributed by atoms with van der Waals surface area (Å²) in [6.45, 7) is 9.24. The number of rotatable bonds is 9. The zero-order chi connectivity index (χ0) is 14.3. The van der Waals surface area contributed by atoms with Crippen molar-refractivity contribution in [3.05, 3.63) is 16.4 Å². The van der Waals surface area contributed by atoms with Crippen LogP contribution in [0, 0.1) is 6.92 Å². The highest BCUT2D eigenvalue weighted by Crippen LogP contribution is 2.19. The minimum atomic E-state index is 0.756. The largest absolute Gasteiger partial charge is 0.383 e. The first-order chi connectivity index (χ1) is 9.10. The van der Waals surface area contributed by atoms with Gasteiger partial charge in [-0.15, -0.1) is 0 Å². The zero-order valence-electron chi connectivity index (χ0n) is 12.4. The standard InChI is InChI=1S/C13H25ClN4O/c1-5-18-12(13(14)11(2)16-18)10-15-6-7-17(3)8-9-19-4/h15H,5-10H2,1-4H3. The number of aromatic nitrogens is 2. The fourth-order valence-electron chi connectivity index (χ4n) is 1.87. The molecule has 0 saturated heterocycles. The van der Waals surface area contributed by atoms with Crippen molar-refractivity contribution in [1.82, 2.24) is 20.0 Å². The SMILES string of the molecule is CCn1nc(C)c(Cl)c1CNCCN(C)CCOC. The van der Waals surface area contributed by atoms with Crippen LogP contribution in [0.1, 0.15) is 18.3 Å². The van der Waals surface area contributed by atoms with E-state index in [2.05, 4.69) is 29.3 Å². The predicted octanol–water partition coefficient (Wildman–Crippen LogP) is 1.53. The number of likely N-dealkylation sites (N-methyl/N-ethyl adjacent to an activating group) is 1. The molecule has 0 spiro atoms. The van der Waals surface area contributed by atoms with Gasteiger partial charge in [0.05, 0.1) is 23.0 Å². The molecule has 1 heterocycles. The van der Waals surface area contributed by atoms with Gasteiger partial charge in [0.15, 0.2) is 0 Å². The number of methoxy groups -OCH3 is 1. The molecule has 19 heavy (non-hydrogen) atoms. The van der Waals surface area contributed by atoms with Crippen molar-refractivity contribution in [3.8, 4) is 0 Å². The Morgan fingerprint density at radius 3 is 2.79 bits per heavy atom. The summed E-state index contributed by atoms with van der Waals surface area (Å²) < 4.78 is 7.00. The van der Waals surface area contributed by atoms with Crippen LogP contribution in [-0.4, -0.2) is 55.1 Å². The summed E-state index contributed by atoms with van der Waals surface area (Å²) in [5.41, 5.74) is 1.97. The van der Waals surface area contributed by atoms with E-state index in [9.17, 15) is 0 Å². The molecule has 1 aromatic rings. The van der Waals surface area contributed by atoms with Gasteiger partial charge in [-0.3, -0.25) is 4.68 Å². The second kappa shape index (κ2) is 8.53. The summed E-state index contributed by atoms with van der Waals surface area (Å²) in [4.78, 5) is 2.24. The summed E-state index contributed by atoms with van der Waals surface area (Å²) in [5, 5.41) is 8.59. The van der Waals surface area contributed by atoms with Crippen LogP contribution in [0.4, 0.5) is 0 Å². The van der Waals surface area contributed by atoms with Crippen molar-refractivity contribution in [2.75, 3.05) is 40.4 Å². The highest BCUT2D eigenvalue weighted by Gasteiger charge is 2.11. The van der Waals surface area contributed by atoms with Crippen molar-refractivity contribution >= 4 is 11.6 Å². The molecule has 0 aliphatic rings. The number of nitrogens with one attached hydrogen (secondary N) is 1. The molecular weight excluding hydrogens is 264 g/mol. The molecule has 5 nitrogen and oxygen atoms in total. The van der Waals surface area contributed by atoms with Crippen LogP contribution in [0.5, 0.6) is 0 Å². The quantitative estimate of drug-likeness (QED) is 0.700. The molecule has 0 bridgehead atoms. The summed E-state index contributed by atoms with van der Waals surface area (Å²) >= 11 is 6.25. The number of halogens is 1. The van der Waals surface area contributed by atoms with Crippen LogP contribution in [-0.2, 0) is 17.8 Å². The molecule has 0 amide bonds. The van der Waals surface area contributed by atoms with E-state index in [-0.39, 0.29) is 0 Å². The number of nitrogens with zero attached hydrogens (tertiary/aromatic N) is 3. The van der Waals surface area contributed by atoms with Gasteiger partial charge in [0.25, 0.3) is 0 Å². The summed E-state index contributed by atoms with van der Waals surface area (Å²) in [5.74, 6) is 0. The van der Waals surface area contributed by atoms with Crippen molar-refractivity contribution in [3.63, 3.8) is 0 Å². The van der Waals surface area contributed by atoms with Crippen molar-refractivity contribution in [2.24, 2.45) is 0 Å². The van der Waals surface area contributed by atoms with Crippen LogP contribution in [0.15, 0.2) is 0 Å². The molecule has 0 aliphatic heterocycles. The first-order valence-electron chi connectivity index (χ1n) is 6.70. The fourth-order valence-corrected chi connectivity index (χ4v) is 2.08. The highest BCUT2D eigenvalue weighted by atomic mass is 35.5. The Hall–Kier alpha value is -0.620. The molecule has 0 atom stereocenters. The van der Waals surface area contributed by atoms with E-state index in [1.165, 1.54) is 0 Å². The molecule has 110 valence electrons. The molecule has 0 fully saturated rings. The summed E-state index contributed by atoms with van der Waals surface area (Å²) in [6.07, 6.45) is 0. The van der Waals surface area contributed by atoms with Crippen molar-refractivity contribution in [1.29, 1.82) is 0 Å². The number of hydrogen-bond donors (Lipinski definition) is 1. The lowest BCUT2D eigenvalue weighted by atomic mass is 10.3. The Morgan fingerprint density at radius 1 is 1.42 bits per heavy atom. The third-order valence-electron chi connectivity index (χ3n) is 3.09. The highest BCUT2D eigenvalue weighted by molar-refractivity contribution is 6.31.